The molecule has 0 amide bonds. The van der Waals surface area contributed by atoms with Gasteiger partial charge >= 0.3 is 5.97 Å². The van der Waals surface area contributed by atoms with Gasteiger partial charge < -0.3 is 14.0 Å². The Bertz CT molecular complexity index is 2320. The average Bonchev–Trinajstić information content (AvgIpc) is 3.56. The topological polar surface area (TPSA) is 74.8 Å². The van der Waals surface area contributed by atoms with Crippen molar-refractivity contribution in [3.05, 3.63) is 145 Å². The van der Waals surface area contributed by atoms with Crippen LogP contribution in [0.25, 0.3) is 27.8 Å². The zero-order chi connectivity index (χ0) is 31.1. The molecule has 0 aliphatic carbocycles. The van der Waals surface area contributed by atoms with Crippen molar-refractivity contribution in [3.63, 3.8) is 0 Å². The molecular formula is C37H31N3O4S. The molecule has 8 heteroatoms. The van der Waals surface area contributed by atoms with Crippen LogP contribution in [0.4, 0.5) is 0 Å². The number of carbonyl (C=O) groups excluding carboxylic acids is 1. The first kappa shape index (κ1) is 28.6. The van der Waals surface area contributed by atoms with E-state index in [4.69, 9.17) is 14.5 Å². The Hall–Kier alpha value is -5.21. The molecule has 0 saturated heterocycles. The lowest BCUT2D eigenvalue weighted by molar-refractivity contribution is -0.139. The fourth-order valence-electron chi connectivity index (χ4n) is 6.25. The van der Waals surface area contributed by atoms with Crippen LogP contribution in [0.3, 0.4) is 0 Å². The first-order valence-corrected chi connectivity index (χ1v) is 15.7. The molecule has 224 valence electrons. The first-order valence-electron chi connectivity index (χ1n) is 14.9. The summed E-state index contributed by atoms with van der Waals surface area (Å²) in [5, 5.41) is 3.47. The maximum Gasteiger partial charge on any atom is 0.338 e. The van der Waals surface area contributed by atoms with Gasteiger partial charge in [-0.1, -0.05) is 90.2 Å². The highest BCUT2D eigenvalue weighted by Crippen LogP contribution is 2.35. The Morgan fingerprint density at radius 2 is 1.69 bits per heavy atom. The lowest BCUT2D eigenvalue weighted by Gasteiger charge is -2.25. The van der Waals surface area contributed by atoms with Crippen LogP contribution in [-0.2, 0) is 16.1 Å². The summed E-state index contributed by atoms with van der Waals surface area (Å²) >= 11 is 1.32. The number of hydrogen-bond donors (Lipinski definition) is 0. The molecule has 0 fully saturated rings. The van der Waals surface area contributed by atoms with Crippen molar-refractivity contribution in [2.75, 3.05) is 13.7 Å². The van der Waals surface area contributed by atoms with Gasteiger partial charge in [0, 0.05) is 34.8 Å². The van der Waals surface area contributed by atoms with Gasteiger partial charge in [-0.05, 0) is 48.4 Å². The van der Waals surface area contributed by atoms with Gasteiger partial charge in [0.25, 0.3) is 5.56 Å². The number of hydrogen-bond acceptors (Lipinski definition) is 6. The molecule has 0 radical (unpaired) electrons. The molecule has 4 aromatic carbocycles. The van der Waals surface area contributed by atoms with E-state index in [1.165, 1.54) is 27.7 Å². The summed E-state index contributed by atoms with van der Waals surface area (Å²) in [6.45, 7) is 4.44. The van der Waals surface area contributed by atoms with Gasteiger partial charge in [-0.15, -0.1) is 0 Å². The highest BCUT2D eigenvalue weighted by atomic mass is 32.1. The molecule has 0 saturated carbocycles. The van der Waals surface area contributed by atoms with E-state index in [9.17, 15) is 9.59 Å². The summed E-state index contributed by atoms with van der Waals surface area (Å²) in [6, 6.07) is 29.7. The number of nitrogens with zero attached hydrogens (tertiary/aromatic N) is 3. The minimum absolute atomic E-state index is 0.210. The number of rotatable bonds is 7. The molecule has 0 unspecified atom stereocenters. The lowest BCUT2D eigenvalue weighted by atomic mass is 9.95. The molecule has 1 atom stereocenters. The fraction of sp³-hybridized carbons (Fsp3) is 0.162. The Morgan fingerprint density at radius 3 is 2.51 bits per heavy atom. The highest BCUT2D eigenvalue weighted by Gasteiger charge is 2.35. The molecule has 1 aliphatic rings. The lowest BCUT2D eigenvalue weighted by Crippen LogP contribution is -2.40. The molecule has 45 heavy (non-hydrogen) atoms. The summed E-state index contributed by atoms with van der Waals surface area (Å²) < 4.78 is 15.5. The predicted molar refractivity (Wildman–Crippen MR) is 178 cm³/mol. The molecule has 0 N–H and O–H groups in total. The zero-order valence-electron chi connectivity index (χ0n) is 25.2. The quantitative estimate of drug-likeness (QED) is 0.208. The van der Waals surface area contributed by atoms with Crippen molar-refractivity contribution in [2.45, 2.75) is 26.4 Å². The highest BCUT2D eigenvalue weighted by molar-refractivity contribution is 7.07. The minimum Gasteiger partial charge on any atom is -0.496 e. The summed E-state index contributed by atoms with van der Waals surface area (Å²) in [4.78, 5) is 32.8. The van der Waals surface area contributed by atoms with Gasteiger partial charge in [0.1, 0.15) is 11.8 Å². The van der Waals surface area contributed by atoms with Gasteiger partial charge in [-0.25, -0.2) is 9.79 Å². The second-order valence-corrected chi connectivity index (χ2v) is 11.9. The molecule has 7 nitrogen and oxygen atoms in total. The Morgan fingerprint density at radius 1 is 0.956 bits per heavy atom. The van der Waals surface area contributed by atoms with E-state index in [0.29, 0.717) is 38.5 Å². The van der Waals surface area contributed by atoms with Gasteiger partial charge in [-0.2, -0.15) is 0 Å². The number of thiazole rings is 1. The van der Waals surface area contributed by atoms with Crippen molar-refractivity contribution in [1.82, 2.24) is 9.13 Å². The van der Waals surface area contributed by atoms with Crippen LogP contribution in [0.2, 0.25) is 0 Å². The van der Waals surface area contributed by atoms with E-state index in [1.54, 1.807) is 25.5 Å². The van der Waals surface area contributed by atoms with Crippen LogP contribution < -0.4 is 19.6 Å². The largest absolute Gasteiger partial charge is 0.496 e. The Kier molecular flexibility index (Phi) is 7.43. The number of aromatic nitrogens is 2. The predicted octanol–water partition coefficient (Wildman–Crippen LogP) is 5.96. The van der Waals surface area contributed by atoms with Crippen LogP contribution >= 0.6 is 11.3 Å². The summed E-state index contributed by atoms with van der Waals surface area (Å²) in [5.41, 5.74) is 4.55. The van der Waals surface area contributed by atoms with Crippen molar-refractivity contribution < 1.29 is 14.3 Å². The summed E-state index contributed by atoms with van der Waals surface area (Å²) in [5.74, 6) is 0.0746. The van der Waals surface area contributed by atoms with Crippen molar-refractivity contribution in [3.8, 4) is 5.75 Å². The minimum atomic E-state index is -0.744. The second kappa shape index (κ2) is 11.7. The normalized spacial score (nSPS) is 14.9. The van der Waals surface area contributed by atoms with Crippen LogP contribution in [0.15, 0.2) is 118 Å². The maximum atomic E-state index is 14.3. The second-order valence-electron chi connectivity index (χ2n) is 10.9. The molecule has 7 rings (SSSR count). The maximum absolute atomic E-state index is 14.3. The SMILES string of the molecule is CCOC(=O)C1=C(C)N=c2s/c(=C\c3cn(Cc4cccc5ccccc45)c4ccccc34)c(=O)n2[C@H]1c1ccccc1OC. The van der Waals surface area contributed by atoms with Crippen molar-refractivity contribution >= 4 is 45.1 Å². The van der Waals surface area contributed by atoms with E-state index in [2.05, 4.69) is 65.4 Å². The van der Waals surface area contributed by atoms with Crippen LogP contribution in [-0.4, -0.2) is 28.8 Å². The molecule has 6 aromatic rings. The monoisotopic (exact) mass is 613 g/mol. The van der Waals surface area contributed by atoms with Crippen molar-refractivity contribution in [2.24, 2.45) is 4.99 Å². The van der Waals surface area contributed by atoms with Gasteiger partial charge in [0.2, 0.25) is 0 Å². The van der Waals surface area contributed by atoms with E-state index in [0.717, 1.165) is 16.5 Å². The third-order valence-corrected chi connectivity index (χ3v) is 9.26. The molecule has 1 aliphatic heterocycles. The van der Waals surface area contributed by atoms with E-state index in [-0.39, 0.29) is 12.2 Å². The standard InChI is InChI=1S/C37H31N3O4S/c1-4-44-36(42)33-23(2)38-37-40(34(33)29-17-8-10-19-31(29)43-3)35(41)32(45-37)20-26-22-39(30-18-9-7-16-28(26)30)21-25-14-11-13-24-12-5-6-15-27(24)25/h5-20,22,34H,4,21H2,1-3H3/b32-20-/t34-/m0/s1. The number of ether oxygens (including phenoxy) is 2. The third-order valence-electron chi connectivity index (χ3n) is 8.28. The number of benzene rings is 4. The Labute approximate surface area is 263 Å². The van der Waals surface area contributed by atoms with E-state index < -0.39 is 12.0 Å². The first-order chi connectivity index (χ1) is 22.0. The van der Waals surface area contributed by atoms with E-state index >= 15 is 0 Å². The summed E-state index contributed by atoms with van der Waals surface area (Å²) in [7, 11) is 1.58. The molecular weight excluding hydrogens is 582 g/mol. The molecule has 0 bridgehead atoms. The number of carbonyl (C=O) groups is 1. The zero-order valence-corrected chi connectivity index (χ0v) is 26.0. The molecule has 2 aromatic heterocycles. The van der Waals surface area contributed by atoms with Gasteiger partial charge in [-0.3, -0.25) is 9.36 Å². The van der Waals surface area contributed by atoms with Crippen LogP contribution in [0.5, 0.6) is 5.75 Å². The number of allylic oxidation sites excluding steroid dienone is 1. The van der Waals surface area contributed by atoms with Crippen LogP contribution in [0.1, 0.15) is 36.6 Å². The van der Waals surface area contributed by atoms with E-state index in [1.807, 2.05) is 42.5 Å². The Balaban J connectivity index is 1.39. The number of para-hydroxylation sites is 2. The molecule has 0 spiro atoms. The number of esters is 1. The summed E-state index contributed by atoms with van der Waals surface area (Å²) in [6.07, 6.45) is 4.05. The van der Waals surface area contributed by atoms with Gasteiger partial charge in [0.05, 0.1) is 29.5 Å². The average molecular weight is 614 g/mol. The molecule has 3 heterocycles. The van der Waals surface area contributed by atoms with Gasteiger partial charge in [0.15, 0.2) is 4.80 Å². The third kappa shape index (κ3) is 4.97. The fourth-order valence-corrected chi connectivity index (χ4v) is 7.29. The number of methoxy groups -OCH3 is 1. The van der Waals surface area contributed by atoms with Crippen LogP contribution in [0, 0.1) is 0 Å². The van der Waals surface area contributed by atoms with Crippen molar-refractivity contribution in [1.29, 1.82) is 0 Å². The smallest absolute Gasteiger partial charge is 0.338 e. The number of fused-ring (bicyclic) bond motifs is 3.